The Bertz CT molecular complexity index is 1170. The van der Waals surface area contributed by atoms with Crippen LogP contribution in [0.25, 0.3) is 11.3 Å². The highest BCUT2D eigenvalue weighted by Crippen LogP contribution is 2.41. The Morgan fingerprint density at radius 3 is 2.62 bits per heavy atom. The van der Waals surface area contributed by atoms with Crippen molar-refractivity contribution in [1.29, 1.82) is 5.26 Å². The van der Waals surface area contributed by atoms with Crippen LogP contribution in [0.3, 0.4) is 0 Å². The molecule has 0 fully saturated rings. The molecule has 0 spiro atoms. The Kier molecular flexibility index (Phi) is 4.69. The first-order valence-electron chi connectivity index (χ1n) is 8.87. The molecule has 0 radical (unpaired) electrons. The Hall–Kier alpha value is -4.15. The summed E-state index contributed by atoms with van der Waals surface area (Å²) in [6.45, 7) is 0. The van der Waals surface area contributed by atoms with E-state index in [-0.39, 0.29) is 5.69 Å². The fourth-order valence-corrected chi connectivity index (χ4v) is 3.34. The number of rotatable bonds is 4. The predicted octanol–water partition coefficient (Wildman–Crippen LogP) is 4.19. The monoisotopic (exact) mass is 384 g/mol. The van der Waals surface area contributed by atoms with E-state index in [9.17, 15) is 20.5 Å². The smallest absolute Gasteiger partial charge is 0.270 e. The summed E-state index contributed by atoms with van der Waals surface area (Å²) >= 11 is 0. The lowest BCUT2D eigenvalue weighted by Crippen LogP contribution is -2.16. The second-order valence-corrected chi connectivity index (χ2v) is 6.51. The largest absolute Gasteiger partial charge is 0.369 e. The van der Waals surface area contributed by atoms with E-state index in [4.69, 9.17) is 0 Å². The van der Waals surface area contributed by atoms with Crippen molar-refractivity contribution in [3.8, 4) is 6.07 Å². The second kappa shape index (κ2) is 7.46. The average Bonchev–Trinajstić information content (AvgIpc) is 3.07. The Balaban J connectivity index is 1.91. The molecule has 1 atom stereocenters. The van der Waals surface area contributed by atoms with Gasteiger partial charge in [0.1, 0.15) is 0 Å². The minimum absolute atomic E-state index is 0.0592. The number of aliphatic hydroxyl groups excluding tert-OH is 1. The van der Waals surface area contributed by atoms with Crippen LogP contribution in [0.15, 0.2) is 72.8 Å². The number of nitro benzene ring substituents is 1. The molecule has 1 aliphatic heterocycles. The van der Waals surface area contributed by atoms with E-state index in [2.05, 4.69) is 16.7 Å². The zero-order chi connectivity index (χ0) is 20.4. The molecule has 3 aromatic rings. The van der Waals surface area contributed by atoms with Gasteiger partial charge in [-0.05, 0) is 29.8 Å². The van der Waals surface area contributed by atoms with E-state index in [1.807, 2.05) is 36.4 Å². The number of non-ortho nitro benzene ring substituents is 1. The molecule has 7 heteroatoms. The zero-order valence-corrected chi connectivity index (χ0v) is 15.2. The van der Waals surface area contributed by atoms with E-state index in [0.717, 1.165) is 5.56 Å². The molecule has 29 heavy (non-hydrogen) atoms. The third-order valence-electron chi connectivity index (χ3n) is 4.66. The number of nitrogens with zero attached hydrogens (tertiary/aromatic N) is 2. The van der Waals surface area contributed by atoms with Gasteiger partial charge in [0, 0.05) is 34.6 Å². The van der Waals surface area contributed by atoms with Gasteiger partial charge in [0.25, 0.3) is 5.69 Å². The van der Waals surface area contributed by atoms with Crippen molar-refractivity contribution in [2.75, 3.05) is 10.6 Å². The van der Waals surface area contributed by atoms with Gasteiger partial charge in [-0.25, -0.2) is 0 Å². The molecule has 142 valence electrons. The number of nitrogens with one attached hydrogen (secondary N) is 2. The van der Waals surface area contributed by atoms with Crippen LogP contribution >= 0.6 is 0 Å². The summed E-state index contributed by atoms with van der Waals surface area (Å²) in [6.07, 6.45) is -1.05. The number of nitriles is 1. The van der Waals surface area contributed by atoms with Crippen LogP contribution in [-0.2, 0) is 0 Å². The molecule has 0 saturated heterocycles. The van der Waals surface area contributed by atoms with E-state index in [0.29, 0.717) is 33.8 Å². The Morgan fingerprint density at radius 2 is 1.90 bits per heavy atom. The van der Waals surface area contributed by atoms with Gasteiger partial charge < -0.3 is 15.7 Å². The minimum atomic E-state index is -1.05. The highest BCUT2D eigenvalue weighted by Gasteiger charge is 2.30. The molecule has 0 aromatic heterocycles. The van der Waals surface area contributed by atoms with Gasteiger partial charge in [-0.1, -0.05) is 36.4 Å². The molecule has 3 aromatic carbocycles. The van der Waals surface area contributed by atoms with Crippen molar-refractivity contribution in [2.24, 2.45) is 0 Å². The third kappa shape index (κ3) is 3.52. The summed E-state index contributed by atoms with van der Waals surface area (Å²) in [5, 5.41) is 37.4. The standard InChI is InChI=1S/C22H16N4O3/c23-13-14-5-4-8-16(11-14)24-21(15-6-2-1-3-7-15)20-18-12-17(26(28)29)9-10-19(18)25-22(20)27/h1-12,22,24-25,27H/b21-20-. The van der Waals surface area contributed by atoms with Gasteiger partial charge in [0.05, 0.1) is 22.3 Å². The topological polar surface area (TPSA) is 111 Å². The van der Waals surface area contributed by atoms with E-state index < -0.39 is 11.2 Å². The van der Waals surface area contributed by atoms with Crippen LogP contribution in [0.4, 0.5) is 17.1 Å². The van der Waals surface area contributed by atoms with Gasteiger partial charge in [0.2, 0.25) is 0 Å². The summed E-state index contributed by atoms with van der Waals surface area (Å²) in [4.78, 5) is 10.8. The summed E-state index contributed by atoms with van der Waals surface area (Å²) in [5.74, 6) is 0. The fraction of sp³-hybridized carbons (Fsp3) is 0.0455. The van der Waals surface area contributed by atoms with E-state index in [1.54, 1.807) is 24.3 Å². The van der Waals surface area contributed by atoms with Gasteiger partial charge in [-0.3, -0.25) is 10.1 Å². The molecular weight excluding hydrogens is 368 g/mol. The third-order valence-corrected chi connectivity index (χ3v) is 4.66. The van der Waals surface area contributed by atoms with E-state index in [1.165, 1.54) is 12.1 Å². The lowest BCUT2D eigenvalue weighted by atomic mass is 9.99. The van der Waals surface area contributed by atoms with Crippen LogP contribution in [0, 0.1) is 21.4 Å². The lowest BCUT2D eigenvalue weighted by molar-refractivity contribution is -0.384. The van der Waals surface area contributed by atoms with Crippen molar-refractivity contribution >= 4 is 28.3 Å². The van der Waals surface area contributed by atoms with Crippen molar-refractivity contribution in [3.63, 3.8) is 0 Å². The number of aliphatic hydroxyl groups is 1. The van der Waals surface area contributed by atoms with Crippen molar-refractivity contribution in [2.45, 2.75) is 6.23 Å². The van der Waals surface area contributed by atoms with Gasteiger partial charge >= 0.3 is 0 Å². The maximum atomic E-state index is 11.3. The highest BCUT2D eigenvalue weighted by atomic mass is 16.6. The van der Waals surface area contributed by atoms with Crippen molar-refractivity contribution < 1.29 is 10.0 Å². The second-order valence-electron chi connectivity index (χ2n) is 6.51. The van der Waals surface area contributed by atoms with Crippen LogP contribution < -0.4 is 10.6 Å². The molecule has 4 rings (SSSR count). The van der Waals surface area contributed by atoms with Crippen LogP contribution in [0.5, 0.6) is 0 Å². The number of fused-ring (bicyclic) bond motifs is 1. The Morgan fingerprint density at radius 1 is 1.10 bits per heavy atom. The molecule has 0 saturated carbocycles. The maximum Gasteiger partial charge on any atom is 0.270 e. The molecule has 0 bridgehead atoms. The molecule has 1 heterocycles. The summed E-state index contributed by atoms with van der Waals surface area (Å²) in [6, 6.07) is 22.9. The number of hydrogen-bond donors (Lipinski definition) is 3. The minimum Gasteiger partial charge on any atom is -0.369 e. The lowest BCUT2D eigenvalue weighted by Gasteiger charge is -2.17. The first-order chi connectivity index (χ1) is 14.1. The number of anilines is 2. The van der Waals surface area contributed by atoms with Gasteiger partial charge in [-0.2, -0.15) is 5.26 Å². The fourth-order valence-electron chi connectivity index (χ4n) is 3.34. The SMILES string of the molecule is N#Cc1cccc(N/C(=C2/c3cc([N+](=O)[O-])ccc3NC2O)c2ccccc2)c1. The molecular formula is C22H16N4O3. The van der Waals surface area contributed by atoms with Crippen molar-refractivity contribution in [1.82, 2.24) is 0 Å². The van der Waals surface area contributed by atoms with E-state index >= 15 is 0 Å². The molecule has 1 unspecified atom stereocenters. The Labute approximate surface area is 166 Å². The molecule has 0 amide bonds. The number of hydrogen-bond acceptors (Lipinski definition) is 6. The van der Waals surface area contributed by atoms with Gasteiger partial charge in [0.15, 0.2) is 6.23 Å². The average molecular weight is 384 g/mol. The predicted molar refractivity (Wildman–Crippen MR) is 111 cm³/mol. The summed E-state index contributed by atoms with van der Waals surface area (Å²) in [7, 11) is 0. The molecule has 3 N–H and O–H groups in total. The van der Waals surface area contributed by atoms with Crippen LogP contribution in [0.2, 0.25) is 0 Å². The first kappa shape index (κ1) is 18.2. The summed E-state index contributed by atoms with van der Waals surface area (Å²) in [5.41, 5.74) is 4.15. The molecule has 0 aliphatic carbocycles. The number of nitro groups is 1. The van der Waals surface area contributed by atoms with Gasteiger partial charge in [-0.15, -0.1) is 0 Å². The first-order valence-corrected chi connectivity index (χ1v) is 8.87. The zero-order valence-electron chi connectivity index (χ0n) is 15.2. The molecule has 7 nitrogen and oxygen atoms in total. The maximum absolute atomic E-state index is 11.3. The molecule has 1 aliphatic rings. The highest BCUT2D eigenvalue weighted by molar-refractivity contribution is 6.03. The number of benzene rings is 3. The quantitative estimate of drug-likeness (QED) is 0.459. The van der Waals surface area contributed by atoms with Crippen LogP contribution in [0.1, 0.15) is 16.7 Å². The van der Waals surface area contributed by atoms with Crippen molar-refractivity contribution in [3.05, 3.63) is 99.6 Å². The normalized spacial score (nSPS) is 16.3. The summed E-state index contributed by atoms with van der Waals surface area (Å²) < 4.78 is 0. The van der Waals surface area contributed by atoms with Crippen LogP contribution in [-0.4, -0.2) is 16.3 Å².